The molecule has 0 unspecified atom stereocenters. The fourth-order valence-electron chi connectivity index (χ4n) is 3.62. The number of benzene rings is 2. The van der Waals surface area contributed by atoms with Gasteiger partial charge in [-0.25, -0.2) is 9.97 Å². The van der Waals surface area contributed by atoms with Crippen LogP contribution in [0.5, 0.6) is 0 Å². The quantitative estimate of drug-likeness (QED) is 0.151. The molecule has 0 saturated carbocycles. The molecule has 0 aliphatic rings. The molecule has 9 nitrogen and oxygen atoms in total. The summed E-state index contributed by atoms with van der Waals surface area (Å²) in [7, 11) is 0. The van der Waals surface area contributed by atoms with E-state index < -0.39 is 0 Å². The van der Waals surface area contributed by atoms with Gasteiger partial charge in [0.25, 0.3) is 0 Å². The fourth-order valence-corrected chi connectivity index (χ4v) is 3.74. The van der Waals surface area contributed by atoms with Crippen LogP contribution in [-0.4, -0.2) is 52.9 Å². The number of aromatic nitrogens is 3. The number of hydrogen-bond donors (Lipinski definition) is 5. The Kier molecular flexibility index (Phi) is 8.72. The number of fused-ring (bicyclic) bond motifs is 1. The second kappa shape index (κ2) is 12.5. The molecule has 4 aromatic rings. The van der Waals surface area contributed by atoms with Crippen molar-refractivity contribution < 1.29 is 9.59 Å². The Morgan fingerprint density at radius 3 is 2.30 bits per heavy atom. The van der Waals surface area contributed by atoms with E-state index in [0.29, 0.717) is 48.7 Å². The monoisotopic (exact) mass is 517 g/mol. The number of anilines is 2. The van der Waals surface area contributed by atoms with E-state index in [0.717, 1.165) is 22.0 Å². The number of hydrogen-bond acceptors (Lipinski definition) is 6. The molecule has 2 amide bonds. The minimum atomic E-state index is -0.183. The fraction of sp³-hybridized carbons (Fsp3) is 0.185. The molecule has 0 bridgehead atoms. The summed E-state index contributed by atoms with van der Waals surface area (Å²) in [5.74, 6) is 1.46. The standard InChI is InChI=1S/C27H28ClN7O2/c1-18(36)29-12-13-30-24-16-25(35-27(34-24)19-6-9-21(28)10-7-19)31-14-15-32-26(37)11-8-20-17-33-23-5-3-2-4-22(20)23/h2-11,16-17,33H,12-15H2,1H3,(H,29,36)(H,32,37)(H2,30,31,34,35). The van der Waals surface area contributed by atoms with Crippen LogP contribution < -0.4 is 21.3 Å². The van der Waals surface area contributed by atoms with E-state index in [2.05, 4.69) is 36.2 Å². The third-order valence-corrected chi connectivity index (χ3v) is 5.65. The van der Waals surface area contributed by atoms with Crippen LogP contribution in [0.4, 0.5) is 11.6 Å². The van der Waals surface area contributed by atoms with E-state index in [4.69, 9.17) is 11.6 Å². The molecule has 0 saturated heterocycles. The third kappa shape index (κ3) is 7.55. The lowest BCUT2D eigenvalue weighted by Crippen LogP contribution is -2.27. The number of carbonyl (C=O) groups excluding carboxylic acids is 2. The van der Waals surface area contributed by atoms with Gasteiger partial charge in [-0.1, -0.05) is 29.8 Å². The van der Waals surface area contributed by atoms with Crippen LogP contribution in [0.15, 0.2) is 66.9 Å². The first kappa shape index (κ1) is 25.7. The van der Waals surface area contributed by atoms with Crippen LogP contribution in [0.3, 0.4) is 0 Å². The zero-order valence-corrected chi connectivity index (χ0v) is 21.1. The van der Waals surface area contributed by atoms with Gasteiger partial charge in [0.1, 0.15) is 11.6 Å². The molecular weight excluding hydrogens is 490 g/mol. The van der Waals surface area contributed by atoms with Crippen LogP contribution in [0, 0.1) is 0 Å². The zero-order chi connectivity index (χ0) is 26.0. The smallest absolute Gasteiger partial charge is 0.244 e. The van der Waals surface area contributed by atoms with Crippen molar-refractivity contribution in [1.29, 1.82) is 0 Å². The normalized spacial score (nSPS) is 11.0. The van der Waals surface area contributed by atoms with Gasteiger partial charge in [-0.2, -0.15) is 0 Å². The van der Waals surface area contributed by atoms with E-state index in [-0.39, 0.29) is 11.8 Å². The number of halogens is 1. The van der Waals surface area contributed by atoms with Gasteiger partial charge < -0.3 is 26.3 Å². The van der Waals surface area contributed by atoms with E-state index in [1.807, 2.05) is 42.6 Å². The van der Waals surface area contributed by atoms with Crippen molar-refractivity contribution in [3.63, 3.8) is 0 Å². The molecule has 37 heavy (non-hydrogen) atoms. The SMILES string of the molecule is CC(=O)NCCNc1cc(NCCNC(=O)C=Cc2c[nH]c3ccccc23)nc(-c2ccc(Cl)cc2)n1. The average Bonchev–Trinajstić information content (AvgIpc) is 3.31. The van der Waals surface area contributed by atoms with Crippen LogP contribution in [0.2, 0.25) is 5.02 Å². The zero-order valence-electron chi connectivity index (χ0n) is 20.3. The summed E-state index contributed by atoms with van der Waals surface area (Å²) >= 11 is 6.02. The lowest BCUT2D eigenvalue weighted by molar-refractivity contribution is -0.119. The molecule has 0 radical (unpaired) electrons. The summed E-state index contributed by atoms with van der Waals surface area (Å²) < 4.78 is 0. The number of H-pyrrole nitrogens is 1. The summed E-state index contributed by atoms with van der Waals surface area (Å²) in [5, 5.41) is 13.7. The van der Waals surface area contributed by atoms with Gasteiger partial charge in [-0.3, -0.25) is 9.59 Å². The predicted octanol–water partition coefficient (Wildman–Crippen LogP) is 4.07. The number of rotatable bonds is 11. The Hall–Kier alpha value is -4.37. The number of aromatic amines is 1. The van der Waals surface area contributed by atoms with E-state index in [1.165, 1.54) is 13.0 Å². The van der Waals surface area contributed by atoms with Gasteiger partial charge in [0, 0.05) is 72.9 Å². The summed E-state index contributed by atoms with van der Waals surface area (Å²) in [6, 6.07) is 17.0. The molecule has 4 rings (SSSR count). The molecule has 0 aliphatic heterocycles. The van der Waals surface area contributed by atoms with Crippen LogP contribution in [-0.2, 0) is 9.59 Å². The molecule has 5 N–H and O–H groups in total. The van der Waals surface area contributed by atoms with Crippen molar-refractivity contribution in [3.8, 4) is 11.4 Å². The van der Waals surface area contributed by atoms with Gasteiger partial charge in [-0.05, 0) is 42.0 Å². The molecule has 10 heteroatoms. The highest BCUT2D eigenvalue weighted by molar-refractivity contribution is 6.30. The highest BCUT2D eigenvalue weighted by Crippen LogP contribution is 2.22. The highest BCUT2D eigenvalue weighted by Gasteiger charge is 2.08. The molecule has 0 aliphatic carbocycles. The van der Waals surface area contributed by atoms with E-state index in [1.54, 1.807) is 24.3 Å². The maximum absolute atomic E-state index is 12.3. The molecule has 2 heterocycles. The summed E-state index contributed by atoms with van der Waals surface area (Å²) in [6.07, 6.45) is 5.20. The summed E-state index contributed by atoms with van der Waals surface area (Å²) in [4.78, 5) is 35.8. The lowest BCUT2D eigenvalue weighted by atomic mass is 10.1. The number of amides is 2. The topological polar surface area (TPSA) is 124 Å². The van der Waals surface area contributed by atoms with Crippen molar-refractivity contribution in [1.82, 2.24) is 25.6 Å². The summed E-state index contributed by atoms with van der Waals surface area (Å²) in [5.41, 5.74) is 2.80. The first-order valence-corrected chi connectivity index (χ1v) is 12.2. The Labute approximate surface area is 219 Å². The van der Waals surface area contributed by atoms with Crippen molar-refractivity contribution in [2.45, 2.75) is 6.92 Å². The van der Waals surface area contributed by atoms with E-state index in [9.17, 15) is 9.59 Å². The summed E-state index contributed by atoms with van der Waals surface area (Å²) in [6.45, 7) is 3.32. The molecule has 2 aromatic heterocycles. The molecule has 0 spiro atoms. The molecular formula is C27H28ClN7O2. The van der Waals surface area contributed by atoms with Gasteiger partial charge in [0.05, 0.1) is 0 Å². The molecule has 190 valence electrons. The minimum absolute atomic E-state index is 0.0907. The predicted molar refractivity (Wildman–Crippen MR) is 148 cm³/mol. The molecule has 0 atom stereocenters. The van der Waals surface area contributed by atoms with Gasteiger partial charge in [0.2, 0.25) is 11.8 Å². The largest absolute Gasteiger partial charge is 0.368 e. The van der Waals surface area contributed by atoms with Gasteiger partial charge in [0.15, 0.2) is 5.82 Å². The Bertz CT molecular complexity index is 1400. The Morgan fingerprint density at radius 2 is 1.59 bits per heavy atom. The molecule has 2 aromatic carbocycles. The minimum Gasteiger partial charge on any atom is -0.368 e. The Morgan fingerprint density at radius 1 is 0.919 bits per heavy atom. The highest BCUT2D eigenvalue weighted by atomic mass is 35.5. The molecule has 0 fully saturated rings. The number of carbonyl (C=O) groups is 2. The number of para-hydroxylation sites is 1. The Balaban J connectivity index is 1.34. The van der Waals surface area contributed by atoms with Crippen molar-refractivity contribution in [3.05, 3.63) is 77.5 Å². The second-order valence-corrected chi connectivity index (χ2v) is 8.66. The third-order valence-electron chi connectivity index (χ3n) is 5.40. The van der Waals surface area contributed by atoms with Crippen LogP contribution >= 0.6 is 11.6 Å². The number of nitrogens with zero attached hydrogens (tertiary/aromatic N) is 2. The first-order valence-electron chi connectivity index (χ1n) is 11.9. The van der Waals surface area contributed by atoms with Crippen molar-refractivity contribution in [2.24, 2.45) is 0 Å². The number of nitrogens with one attached hydrogen (secondary N) is 5. The first-order chi connectivity index (χ1) is 18.0. The average molecular weight is 518 g/mol. The van der Waals surface area contributed by atoms with Gasteiger partial charge >= 0.3 is 0 Å². The second-order valence-electron chi connectivity index (χ2n) is 8.22. The van der Waals surface area contributed by atoms with Gasteiger partial charge in [-0.15, -0.1) is 0 Å². The lowest BCUT2D eigenvalue weighted by Gasteiger charge is -2.12. The maximum Gasteiger partial charge on any atom is 0.244 e. The van der Waals surface area contributed by atoms with Crippen molar-refractivity contribution >= 4 is 52.0 Å². The van der Waals surface area contributed by atoms with Crippen molar-refractivity contribution in [2.75, 3.05) is 36.8 Å². The van der Waals surface area contributed by atoms with Crippen LogP contribution in [0.1, 0.15) is 12.5 Å². The van der Waals surface area contributed by atoms with Crippen LogP contribution in [0.25, 0.3) is 28.4 Å². The maximum atomic E-state index is 12.3. The van der Waals surface area contributed by atoms with E-state index >= 15 is 0 Å².